The molecule has 17 heavy (non-hydrogen) atoms. The molecule has 0 aromatic carbocycles. The zero-order valence-electron chi connectivity index (χ0n) is 9.62. The fourth-order valence-electron chi connectivity index (χ4n) is 1.87. The fourth-order valence-corrected chi connectivity index (χ4v) is 2.81. The molecule has 0 spiro atoms. The summed E-state index contributed by atoms with van der Waals surface area (Å²) in [5.41, 5.74) is 0.675. The van der Waals surface area contributed by atoms with E-state index in [0.29, 0.717) is 25.0 Å². The molecule has 0 atom stereocenters. The van der Waals surface area contributed by atoms with Crippen LogP contribution in [0, 0.1) is 5.41 Å². The van der Waals surface area contributed by atoms with Gasteiger partial charge in [-0.2, -0.15) is 0 Å². The second-order valence-electron chi connectivity index (χ2n) is 4.70. The molecule has 0 aliphatic carbocycles. The van der Waals surface area contributed by atoms with E-state index in [1.54, 1.807) is 0 Å². The third kappa shape index (κ3) is 1.96. The molecular weight excluding hydrogens is 240 g/mol. The highest BCUT2D eigenvalue weighted by Crippen LogP contribution is 2.31. The highest BCUT2D eigenvalue weighted by Gasteiger charge is 2.41. The first-order chi connectivity index (χ1) is 8.17. The number of thiazole rings is 1. The lowest BCUT2D eigenvalue weighted by molar-refractivity contribution is -0.151. The molecular formula is C11H14N2O3S. The molecule has 92 valence electrons. The van der Waals surface area contributed by atoms with Crippen LogP contribution in [0.25, 0.3) is 0 Å². The second kappa shape index (κ2) is 4.04. The Labute approximate surface area is 103 Å². The monoisotopic (exact) mass is 254 g/mol. The number of amides is 1. The SMILES string of the molecule is CC1(C(=O)Nc2nc3c(s2)COCC3)COC1. The lowest BCUT2D eigenvalue weighted by atomic mass is 9.88. The Kier molecular flexibility index (Phi) is 2.65. The molecule has 0 bridgehead atoms. The topological polar surface area (TPSA) is 60.5 Å². The molecule has 1 aromatic rings. The van der Waals surface area contributed by atoms with Crippen molar-refractivity contribution in [3.63, 3.8) is 0 Å². The maximum absolute atomic E-state index is 12.0. The van der Waals surface area contributed by atoms with Gasteiger partial charge in [-0.15, -0.1) is 0 Å². The van der Waals surface area contributed by atoms with E-state index in [1.807, 2.05) is 6.92 Å². The van der Waals surface area contributed by atoms with Crippen LogP contribution in [0.5, 0.6) is 0 Å². The van der Waals surface area contributed by atoms with Gasteiger partial charge in [0.2, 0.25) is 5.91 Å². The van der Waals surface area contributed by atoms with Crippen LogP contribution in [0.2, 0.25) is 0 Å². The second-order valence-corrected chi connectivity index (χ2v) is 5.78. The molecule has 1 fully saturated rings. The van der Waals surface area contributed by atoms with Gasteiger partial charge in [0.15, 0.2) is 5.13 Å². The number of ether oxygens (including phenoxy) is 2. The minimum atomic E-state index is -0.386. The van der Waals surface area contributed by atoms with Gasteiger partial charge < -0.3 is 14.8 Å². The van der Waals surface area contributed by atoms with Crippen molar-refractivity contribution < 1.29 is 14.3 Å². The van der Waals surface area contributed by atoms with Gasteiger partial charge in [-0.3, -0.25) is 4.79 Å². The highest BCUT2D eigenvalue weighted by molar-refractivity contribution is 7.15. The molecule has 0 unspecified atom stereocenters. The van der Waals surface area contributed by atoms with Gasteiger partial charge in [-0.25, -0.2) is 4.98 Å². The Hall–Kier alpha value is -0.980. The smallest absolute Gasteiger partial charge is 0.236 e. The fraction of sp³-hybridized carbons (Fsp3) is 0.636. The summed E-state index contributed by atoms with van der Waals surface area (Å²) >= 11 is 1.51. The lowest BCUT2D eigenvalue weighted by Crippen LogP contribution is -2.49. The van der Waals surface area contributed by atoms with Gasteiger partial charge in [0, 0.05) is 6.42 Å². The predicted molar refractivity (Wildman–Crippen MR) is 63.0 cm³/mol. The summed E-state index contributed by atoms with van der Waals surface area (Å²) in [7, 11) is 0. The van der Waals surface area contributed by atoms with Crippen molar-refractivity contribution in [3.8, 4) is 0 Å². The van der Waals surface area contributed by atoms with Crippen molar-refractivity contribution >= 4 is 22.4 Å². The largest absolute Gasteiger partial charge is 0.379 e. The van der Waals surface area contributed by atoms with E-state index >= 15 is 0 Å². The molecule has 0 saturated carbocycles. The van der Waals surface area contributed by atoms with Gasteiger partial charge in [-0.05, 0) is 6.92 Å². The van der Waals surface area contributed by atoms with Crippen LogP contribution in [0.1, 0.15) is 17.5 Å². The zero-order chi connectivity index (χ0) is 11.9. The van der Waals surface area contributed by atoms with Gasteiger partial charge in [-0.1, -0.05) is 11.3 Å². The molecule has 2 aliphatic heterocycles. The van der Waals surface area contributed by atoms with E-state index in [2.05, 4.69) is 10.3 Å². The van der Waals surface area contributed by atoms with Crippen molar-refractivity contribution in [3.05, 3.63) is 10.6 Å². The number of nitrogens with one attached hydrogen (secondary N) is 1. The van der Waals surface area contributed by atoms with Crippen LogP contribution < -0.4 is 5.32 Å². The number of hydrogen-bond donors (Lipinski definition) is 1. The minimum Gasteiger partial charge on any atom is -0.379 e. The number of carbonyl (C=O) groups excluding carboxylic acids is 1. The van der Waals surface area contributed by atoms with E-state index in [9.17, 15) is 4.79 Å². The van der Waals surface area contributed by atoms with Gasteiger partial charge in [0.25, 0.3) is 0 Å². The summed E-state index contributed by atoms with van der Waals surface area (Å²) in [5, 5.41) is 3.55. The standard InChI is InChI=1S/C11H14N2O3S/c1-11(5-16-6-11)9(14)13-10-12-7-2-3-15-4-8(7)17-10/h2-6H2,1H3,(H,12,13,14). The van der Waals surface area contributed by atoms with E-state index in [0.717, 1.165) is 23.6 Å². The highest BCUT2D eigenvalue weighted by atomic mass is 32.1. The molecule has 5 nitrogen and oxygen atoms in total. The molecule has 2 aliphatic rings. The quantitative estimate of drug-likeness (QED) is 0.861. The first kappa shape index (κ1) is 11.1. The minimum absolute atomic E-state index is 0.00392. The van der Waals surface area contributed by atoms with E-state index < -0.39 is 0 Å². The number of nitrogens with zero attached hydrogens (tertiary/aromatic N) is 1. The molecule has 6 heteroatoms. The van der Waals surface area contributed by atoms with Crippen molar-refractivity contribution in [1.82, 2.24) is 4.98 Å². The first-order valence-corrected chi connectivity index (χ1v) is 6.44. The van der Waals surface area contributed by atoms with Crippen LogP contribution in [0.3, 0.4) is 0 Å². The molecule has 1 saturated heterocycles. The van der Waals surface area contributed by atoms with Gasteiger partial charge in [0.05, 0.1) is 42.4 Å². The van der Waals surface area contributed by atoms with Crippen LogP contribution in [-0.4, -0.2) is 30.7 Å². The van der Waals surface area contributed by atoms with Crippen molar-refractivity contribution in [2.45, 2.75) is 20.0 Å². The van der Waals surface area contributed by atoms with Crippen molar-refractivity contribution in [2.75, 3.05) is 25.1 Å². The maximum Gasteiger partial charge on any atom is 0.236 e. The van der Waals surface area contributed by atoms with Gasteiger partial charge >= 0.3 is 0 Å². The average Bonchev–Trinajstić information content (AvgIpc) is 2.67. The predicted octanol–water partition coefficient (Wildman–Crippen LogP) is 1.19. The van der Waals surface area contributed by atoms with E-state index in [4.69, 9.17) is 9.47 Å². The molecule has 0 radical (unpaired) electrons. The molecule has 1 aromatic heterocycles. The number of anilines is 1. The summed E-state index contributed by atoms with van der Waals surface area (Å²) in [6.07, 6.45) is 0.835. The Bertz CT molecular complexity index is 430. The summed E-state index contributed by atoms with van der Waals surface area (Å²) in [4.78, 5) is 17.5. The van der Waals surface area contributed by atoms with Crippen LogP contribution in [0.4, 0.5) is 5.13 Å². The number of carbonyl (C=O) groups is 1. The summed E-state index contributed by atoms with van der Waals surface area (Å²) < 4.78 is 10.4. The van der Waals surface area contributed by atoms with Gasteiger partial charge in [0.1, 0.15) is 0 Å². The molecule has 3 rings (SSSR count). The lowest BCUT2D eigenvalue weighted by Gasteiger charge is -2.35. The molecule has 1 amide bonds. The Morgan fingerprint density at radius 1 is 1.47 bits per heavy atom. The van der Waals surface area contributed by atoms with E-state index in [-0.39, 0.29) is 11.3 Å². The summed E-state index contributed by atoms with van der Waals surface area (Å²) in [5.74, 6) is -0.00392. The zero-order valence-corrected chi connectivity index (χ0v) is 10.4. The summed E-state index contributed by atoms with van der Waals surface area (Å²) in [6.45, 7) is 4.22. The number of hydrogen-bond acceptors (Lipinski definition) is 5. The number of aromatic nitrogens is 1. The summed E-state index contributed by atoms with van der Waals surface area (Å²) in [6, 6.07) is 0. The Morgan fingerprint density at radius 2 is 2.29 bits per heavy atom. The van der Waals surface area contributed by atoms with E-state index in [1.165, 1.54) is 11.3 Å². The maximum atomic E-state index is 12.0. The Balaban J connectivity index is 1.72. The molecule has 1 N–H and O–H groups in total. The average molecular weight is 254 g/mol. The normalized spacial score (nSPS) is 21.5. The van der Waals surface area contributed by atoms with Crippen molar-refractivity contribution in [1.29, 1.82) is 0 Å². The Morgan fingerprint density at radius 3 is 2.94 bits per heavy atom. The third-order valence-corrected chi connectivity index (χ3v) is 4.09. The number of fused-ring (bicyclic) bond motifs is 1. The number of rotatable bonds is 2. The van der Waals surface area contributed by atoms with Crippen LogP contribution in [0.15, 0.2) is 0 Å². The third-order valence-electron chi connectivity index (χ3n) is 3.10. The van der Waals surface area contributed by atoms with Crippen LogP contribution >= 0.6 is 11.3 Å². The van der Waals surface area contributed by atoms with Crippen molar-refractivity contribution in [2.24, 2.45) is 5.41 Å². The first-order valence-electron chi connectivity index (χ1n) is 5.63. The molecule has 3 heterocycles. The van der Waals surface area contributed by atoms with Crippen LogP contribution in [-0.2, 0) is 27.3 Å².